The SMILES string of the molecule is C=C(CC(C)C)c1cc(C(=O)N2Cc3ccc(N4CCNCC4)cc3C2)c(N)cc1NC. The van der Waals surface area contributed by atoms with Gasteiger partial charge in [0.2, 0.25) is 0 Å². The Morgan fingerprint density at radius 2 is 1.84 bits per heavy atom. The molecule has 170 valence electrons. The molecule has 1 saturated heterocycles. The van der Waals surface area contributed by atoms with Crippen molar-refractivity contribution in [2.24, 2.45) is 5.92 Å². The van der Waals surface area contributed by atoms with Crippen LogP contribution in [0.15, 0.2) is 36.9 Å². The van der Waals surface area contributed by atoms with Crippen molar-refractivity contribution in [3.8, 4) is 0 Å². The number of hydrogen-bond donors (Lipinski definition) is 3. The van der Waals surface area contributed by atoms with E-state index < -0.39 is 0 Å². The molecule has 0 aliphatic carbocycles. The van der Waals surface area contributed by atoms with Gasteiger partial charge < -0.3 is 26.2 Å². The van der Waals surface area contributed by atoms with Gasteiger partial charge in [-0.1, -0.05) is 26.5 Å². The molecule has 2 aliphatic heterocycles. The zero-order chi connectivity index (χ0) is 22.8. The molecular formula is C26H35N5O. The second-order valence-corrected chi connectivity index (χ2v) is 9.29. The maximum absolute atomic E-state index is 13.5. The molecule has 0 radical (unpaired) electrons. The summed E-state index contributed by atoms with van der Waals surface area (Å²) in [7, 11) is 1.87. The van der Waals surface area contributed by atoms with Gasteiger partial charge in [0.1, 0.15) is 0 Å². The molecular weight excluding hydrogens is 398 g/mol. The lowest BCUT2D eigenvalue weighted by molar-refractivity contribution is 0.0752. The van der Waals surface area contributed by atoms with E-state index in [1.807, 2.05) is 24.1 Å². The number of carbonyl (C=O) groups is 1. The van der Waals surface area contributed by atoms with Gasteiger partial charge in [-0.3, -0.25) is 4.79 Å². The number of nitrogens with one attached hydrogen (secondary N) is 2. The molecule has 6 nitrogen and oxygen atoms in total. The van der Waals surface area contributed by atoms with E-state index in [0.717, 1.165) is 49.4 Å². The highest BCUT2D eigenvalue weighted by molar-refractivity contribution is 6.01. The highest BCUT2D eigenvalue weighted by atomic mass is 16.2. The summed E-state index contributed by atoms with van der Waals surface area (Å²) < 4.78 is 0. The summed E-state index contributed by atoms with van der Waals surface area (Å²) in [5.74, 6) is 0.463. The number of nitrogens with two attached hydrogens (primary N) is 1. The monoisotopic (exact) mass is 433 g/mol. The van der Waals surface area contributed by atoms with Gasteiger partial charge in [0.05, 0.1) is 5.56 Å². The minimum absolute atomic E-state index is 0.0244. The molecule has 2 heterocycles. The summed E-state index contributed by atoms with van der Waals surface area (Å²) in [6.07, 6.45) is 0.871. The van der Waals surface area contributed by atoms with Crippen molar-refractivity contribution in [1.29, 1.82) is 0 Å². The molecule has 32 heavy (non-hydrogen) atoms. The van der Waals surface area contributed by atoms with Gasteiger partial charge in [-0.2, -0.15) is 0 Å². The standard InChI is InChI=1S/C26H35N5O/c1-17(2)11-18(3)22-13-23(24(27)14-25(22)28-4)26(32)31-15-19-5-6-21(12-20(19)16-31)30-9-7-29-8-10-30/h5-6,12-14,17,28-29H,3,7-11,15-16,27H2,1-2,4H3. The number of anilines is 3. The topological polar surface area (TPSA) is 73.6 Å². The normalized spacial score (nSPS) is 15.8. The first kappa shape index (κ1) is 22.2. The molecule has 4 N–H and O–H groups in total. The number of nitrogens with zero attached hydrogens (tertiary/aromatic N) is 2. The lowest BCUT2D eigenvalue weighted by Gasteiger charge is -2.29. The van der Waals surface area contributed by atoms with Crippen LogP contribution in [0.3, 0.4) is 0 Å². The van der Waals surface area contributed by atoms with Gasteiger partial charge in [-0.05, 0) is 53.3 Å². The van der Waals surface area contributed by atoms with Crippen molar-refractivity contribution in [3.05, 3.63) is 59.2 Å². The molecule has 2 aromatic carbocycles. The Labute approximate surface area is 191 Å². The van der Waals surface area contributed by atoms with Crippen molar-refractivity contribution >= 4 is 28.5 Å². The molecule has 2 aliphatic rings. The average Bonchev–Trinajstić information content (AvgIpc) is 3.22. The number of rotatable bonds is 6. The molecule has 6 heteroatoms. The first-order chi connectivity index (χ1) is 15.4. The minimum Gasteiger partial charge on any atom is -0.398 e. The molecule has 0 bridgehead atoms. The van der Waals surface area contributed by atoms with Crippen molar-refractivity contribution in [3.63, 3.8) is 0 Å². The number of carbonyl (C=O) groups excluding carboxylic acids is 1. The van der Waals surface area contributed by atoms with Crippen LogP contribution in [-0.4, -0.2) is 44.0 Å². The van der Waals surface area contributed by atoms with Crippen LogP contribution in [0.2, 0.25) is 0 Å². The maximum atomic E-state index is 13.5. The Morgan fingerprint density at radius 3 is 2.53 bits per heavy atom. The fourth-order valence-electron chi connectivity index (χ4n) is 4.72. The van der Waals surface area contributed by atoms with E-state index in [4.69, 9.17) is 5.73 Å². The van der Waals surface area contributed by atoms with Crippen molar-refractivity contribution in [2.75, 3.05) is 49.2 Å². The number of allylic oxidation sites excluding steroid dienone is 1. The van der Waals surface area contributed by atoms with Crippen LogP contribution in [0.25, 0.3) is 5.57 Å². The van der Waals surface area contributed by atoms with Crippen molar-refractivity contribution in [2.45, 2.75) is 33.4 Å². The van der Waals surface area contributed by atoms with E-state index >= 15 is 0 Å². The predicted octanol–water partition coefficient (Wildman–Crippen LogP) is 3.94. The van der Waals surface area contributed by atoms with E-state index in [0.29, 0.717) is 30.3 Å². The van der Waals surface area contributed by atoms with E-state index in [-0.39, 0.29) is 5.91 Å². The molecule has 0 unspecified atom stereocenters. The first-order valence-electron chi connectivity index (χ1n) is 11.5. The molecule has 1 amide bonds. The molecule has 0 aromatic heterocycles. The van der Waals surface area contributed by atoms with Crippen LogP contribution in [0.4, 0.5) is 17.1 Å². The Bertz CT molecular complexity index is 1020. The average molecular weight is 434 g/mol. The first-order valence-corrected chi connectivity index (χ1v) is 11.5. The quantitative estimate of drug-likeness (QED) is 0.602. The van der Waals surface area contributed by atoms with E-state index in [1.54, 1.807) is 0 Å². The Hall–Kier alpha value is -2.99. The summed E-state index contributed by atoms with van der Waals surface area (Å²) in [6, 6.07) is 10.4. The van der Waals surface area contributed by atoms with Gasteiger partial charge in [0, 0.05) is 68.9 Å². The van der Waals surface area contributed by atoms with Crippen LogP contribution < -0.4 is 21.3 Å². The lowest BCUT2D eigenvalue weighted by Crippen LogP contribution is -2.43. The Morgan fingerprint density at radius 1 is 1.12 bits per heavy atom. The molecule has 2 aromatic rings. The lowest BCUT2D eigenvalue weighted by atomic mass is 9.94. The van der Waals surface area contributed by atoms with Crippen LogP contribution in [0.1, 0.15) is 47.3 Å². The van der Waals surface area contributed by atoms with Crippen LogP contribution in [0.5, 0.6) is 0 Å². The van der Waals surface area contributed by atoms with Gasteiger partial charge in [0.25, 0.3) is 5.91 Å². The molecule has 0 atom stereocenters. The minimum atomic E-state index is -0.0244. The van der Waals surface area contributed by atoms with Crippen molar-refractivity contribution in [1.82, 2.24) is 10.2 Å². The van der Waals surface area contributed by atoms with Gasteiger partial charge >= 0.3 is 0 Å². The van der Waals surface area contributed by atoms with E-state index in [9.17, 15) is 4.79 Å². The van der Waals surface area contributed by atoms with Gasteiger partial charge in [0.15, 0.2) is 0 Å². The fourth-order valence-corrected chi connectivity index (χ4v) is 4.72. The third kappa shape index (κ3) is 4.46. The zero-order valence-corrected chi connectivity index (χ0v) is 19.5. The predicted molar refractivity (Wildman–Crippen MR) is 134 cm³/mol. The second-order valence-electron chi connectivity index (χ2n) is 9.29. The highest BCUT2D eigenvalue weighted by Crippen LogP contribution is 2.34. The maximum Gasteiger partial charge on any atom is 0.256 e. The van der Waals surface area contributed by atoms with Crippen molar-refractivity contribution < 1.29 is 4.79 Å². The second kappa shape index (κ2) is 9.25. The molecule has 4 rings (SSSR count). The number of fused-ring (bicyclic) bond motifs is 1. The Balaban J connectivity index is 1.56. The summed E-state index contributed by atoms with van der Waals surface area (Å²) in [6.45, 7) is 13.9. The smallest absolute Gasteiger partial charge is 0.256 e. The van der Waals surface area contributed by atoms with Crippen LogP contribution >= 0.6 is 0 Å². The number of amides is 1. The van der Waals surface area contributed by atoms with Crippen LogP contribution in [-0.2, 0) is 13.1 Å². The third-order valence-electron chi connectivity index (χ3n) is 6.41. The third-order valence-corrected chi connectivity index (χ3v) is 6.41. The zero-order valence-electron chi connectivity index (χ0n) is 19.5. The summed E-state index contributed by atoms with van der Waals surface area (Å²) in [5, 5.41) is 6.60. The largest absolute Gasteiger partial charge is 0.398 e. The summed E-state index contributed by atoms with van der Waals surface area (Å²) >= 11 is 0. The Kier molecular flexibility index (Phi) is 6.42. The highest BCUT2D eigenvalue weighted by Gasteiger charge is 2.27. The molecule has 0 spiro atoms. The molecule has 0 saturated carbocycles. The van der Waals surface area contributed by atoms with E-state index in [1.165, 1.54) is 16.8 Å². The molecule has 1 fully saturated rings. The number of nitrogen functional groups attached to an aromatic ring is 1. The van der Waals surface area contributed by atoms with Gasteiger partial charge in [-0.15, -0.1) is 0 Å². The summed E-state index contributed by atoms with van der Waals surface area (Å²) in [4.78, 5) is 17.8. The van der Waals surface area contributed by atoms with Gasteiger partial charge in [-0.25, -0.2) is 0 Å². The fraction of sp³-hybridized carbons (Fsp3) is 0.423. The summed E-state index contributed by atoms with van der Waals surface area (Å²) in [5.41, 5.74) is 14.0. The number of benzene rings is 2. The van der Waals surface area contributed by atoms with E-state index in [2.05, 4.69) is 54.2 Å². The number of hydrogen-bond acceptors (Lipinski definition) is 5. The van der Waals surface area contributed by atoms with Crippen LogP contribution in [0, 0.1) is 5.92 Å². The number of piperazine rings is 1.